The first-order chi connectivity index (χ1) is 10.3. The van der Waals surface area contributed by atoms with E-state index >= 15 is 0 Å². The molecular weight excluding hydrogens is 260 g/mol. The lowest BCUT2D eigenvalue weighted by Gasteiger charge is -2.25. The van der Waals surface area contributed by atoms with E-state index < -0.39 is 0 Å². The van der Waals surface area contributed by atoms with Gasteiger partial charge in [-0.2, -0.15) is 0 Å². The molecule has 2 bridgehead atoms. The highest BCUT2D eigenvalue weighted by Gasteiger charge is 2.29. The molecule has 21 heavy (non-hydrogen) atoms. The Morgan fingerprint density at radius 3 is 2.86 bits per heavy atom. The molecule has 0 aliphatic carbocycles. The van der Waals surface area contributed by atoms with Gasteiger partial charge in [0.05, 0.1) is 0 Å². The summed E-state index contributed by atoms with van der Waals surface area (Å²) >= 11 is 0. The van der Waals surface area contributed by atoms with Gasteiger partial charge in [-0.15, -0.1) is 0 Å². The zero-order valence-electron chi connectivity index (χ0n) is 12.3. The van der Waals surface area contributed by atoms with E-state index in [1.807, 2.05) is 12.1 Å². The molecule has 2 N–H and O–H groups in total. The number of hydrogen-bond donors (Lipinski definition) is 2. The maximum atomic E-state index is 10.3. The van der Waals surface area contributed by atoms with Gasteiger partial charge in [0.2, 0.25) is 0 Å². The third kappa shape index (κ3) is 2.52. The zero-order valence-corrected chi connectivity index (χ0v) is 12.3. The van der Waals surface area contributed by atoms with Crippen molar-refractivity contribution in [3.05, 3.63) is 42.0 Å². The Balaban J connectivity index is 1.63. The van der Waals surface area contributed by atoms with Gasteiger partial charge in [0.15, 0.2) is 0 Å². The van der Waals surface area contributed by atoms with Crippen LogP contribution in [-0.2, 0) is 6.54 Å². The van der Waals surface area contributed by atoms with E-state index in [1.54, 1.807) is 0 Å². The van der Waals surface area contributed by atoms with Crippen molar-refractivity contribution in [1.29, 1.82) is 0 Å². The number of fused-ring (bicyclic) bond motifs is 3. The fraction of sp³-hybridized carbons (Fsp3) is 0.444. The number of benzene rings is 2. The van der Waals surface area contributed by atoms with Crippen LogP contribution in [-0.4, -0.2) is 35.2 Å². The van der Waals surface area contributed by atoms with Gasteiger partial charge in [-0.25, -0.2) is 0 Å². The van der Waals surface area contributed by atoms with Gasteiger partial charge in [-0.1, -0.05) is 30.3 Å². The third-order valence-electron chi connectivity index (χ3n) is 5.00. The van der Waals surface area contributed by atoms with Gasteiger partial charge in [0.1, 0.15) is 5.75 Å². The molecule has 2 aliphatic heterocycles. The lowest BCUT2D eigenvalue weighted by atomic mass is 10.0. The van der Waals surface area contributed by atoms with Gasteiger partial charge in [0, 0.05) is 37.3 Å². The number of nitrogens with one attached hydrogen (secondary N) is 1. The summed E-state index contributed by atoms with van der Waals surface area (Å²) in [6.07, 6.45) is 3.85. The van der Waals surface area contributed by atoms with Crippen molar-refractivity contribution in [2.75, 3.05) is 13.1 Å². The quantitative estimate of drug-likeness (QED) is 0.889. The van der Waals surface area contributed by atoms with E-state index in [4.69, 9.17) is 0 Å². The number of phenols is 1. The summed E-state index contributed by atoms with van der Waals surface area (Å²) in [5, 5.41) is 16.4. The summed E-state index contributed by atoms with van der Waals surface area (Å²) < 4.78 is 0. The molecule has 2 heterocycles. The molecule has 0 aromatic heterocycles. The second kappa shape index (κ2) is 5.32. The van der Waals surface area contributed by atoms with E-state index in [9.17, 15) is 5.11 Å². The van der Waals surface area contributed by atoms with Crippen LogP contribution in [0.3, 0.4) is 0 Å². The number of phenolic OH excluding ortho intramolecular Hbond substituents is 1. The highest BCUT2D eigenvalue weighted by molar-refractivity contribution is 5.87. The summed E-state index contributed by atoms with van der Waals surface area (Å²) in [6.45, 7) is 3.06. The van der Waals surface area contributed by atoms with Crippen molar-refractivity contribution in [3.63, 3.8) is 0 Å². The number of nitrogens with zero attached hydrogens (tertiary/aromatic N) is 1. The van der Waals surface area contributed by atoms with Crippen LogP contribution < -0.4 is 5.32 Å². The van der Waals surface area contributed by atoms with Crippen molar-refractivity contribution in [2.24, 2.45) is 0 Å². The van der Waals surface area contributed by atoms with Crippen molar-refractivity contribution in [3.8, 4) is 5.75 Å². The lowest BCUT2D eigenvalue weighted by molar-refractivity contribution is 0.249. The van der Waals surface area contributed by atoms with Crippen LogP contribution in [0, 0.1) is 0 Å². The van der Waals surface area contributed by atoms with Gasteiger partial charge < -0.3 is 10.4 Å². The van der Waals surface area contributed by atoms with Crippen LogP contribution in [0.25, 0.3) is 10.8 Å². The Hall–Kier alpha value is -1.58. The molecule has 0 radical (unpaired) electrons. The summed E-state index contributed by atoms with van der Waals surface area (Å²) in [7, 11) is 0. The molecule has 2 atom stereocenters. The first-order valence-electron chi connectivity index (χ1n) is 7.97. The molecule has 4 rings (SSSR count). The Bertz CT molecular complexity index is 655. The second-order valence-corrected chi connectivity index (χ2v) is 6.45. The molecule has 2 aliphatic rings. The number of rotatable bonds is 2. The highest BCUT2D eigenvalue weighted by Crippen LogP contribution is 2.29. The molecule has 110 valence electrons. The van der Waals surface area contributed by atoms with Crippen LogP contribution >= 0.6 is 0 Å². The predicted octanol–water partition coefficient (Wildman–Crippen LogP) is 2.87. The van der Waals surface area contributed by atoms with Crippen LogP contribution in [0.1, 0.15) is 24.8 Å². The Morgan fingerprint density at radius 1 is 1.05 bits per heavy atom. The summed E-state index contributed by atoms with van der Waals surface area (Å²) in [5.74, 6) is 0.427. The maximum absolute atomic E-state index is 10.3. The van der Waals surface area contributed by atoms with Crippen molar-refractivity contribution >= 4 is 10.8 Å². The summed E-state index contributed by atoms with van der Waals surface area (Å²) in [4.78, 5) is 2.50. The zero-order chi connectivity index (χ0) is 14.2. The van der Waals surface area contributed by atoms with E-state index in [-0.39, 0.29) is 0 Å². The van der Waals surface area contributed by atoms with Gasteiger partial charge in [-0.05, 0) is 36.1 Å². The van der Waals surface area contributed by atoms with Crippen LogP contribution in [0.15, 0.2) is 36.4 Å². The molecule has 3 nitrogen and oxygen atoms in total. The fourth-order valence-corrected chi connectivity index (χ4v) is 3.87. The largest absolute Gasteiger partial charge is 0.508 e. The predicted molar refractivity (Wildman–Crippen MR) is 85.5 cm³/mol. The van der Waals surface area contributed by atoms with Crippen molar-refractivity contribution in [1.82, 2.24) is 10.2 Å². The Morgan fingerprint density at radius 2 is 1.90 bits per heavy atom. The van der Waals surface area contributed by atoms with Gasteiger partial charge >= 0.3 is 0 Å². The SMILES string of the molecule is Oc1ccc2ccccc2c1CN1CCC2CCC(C1)N2. The monoisotopic (exact) mass is 282 g/mol. The summed E-state index contributed by atoms with van der Waals surface area (Å²) in [6, 6.07) is 13.5. The second-order valence-electron chi connectivity index (χ2n) is 6.45. The van der Waals surface area contributed by atoms with Gasteiger partial charge in [0.25, 0.3) is 0 Å². The molecule has 2 saturated heterocycles. The number of likely N-dealkylation sites (tertiary alicyclic amines) is 1. The average Bonchev–Trinajstić information content (AvgIpc) is 2.84. The number of hydrogen-bond acceptors (Lipinski definition) is 3. The smallest absolute Gasteiger partial charge is 0.120 e. The van der Waals surface area contributed by atoms with E-state index in [0.717, 1.165) is 25.2 Å². The molecule has 2 fully saturated rings. The third-order valence-corrected chi connectivity index (χ3v) is 5.00. The molecular formula is C18H22N2O. The minimum absolute atomic E-state index is 0.427. The molecule has 0 spiro atoms. The highest BCUT2D eigenvalue weighted by atomic mass is 16.3. The van der Waals surface area contributed by atoms with E-state index in [0.29, 0.717) is 17.8 Å². The average molecular weight is 282 g/mol. The molecule has 0 saturated carbocycles. The molecule has 2 aromatic rings. The van der Waals surface area contributed by atoms with Crippen LogP contribution in [0.2, 0.25) is 0 Å². The Kier molecular flexibility index (Phi) is 3.32. The van der Waals surface area contributed by atoms with Gasteiger partial charge in [-0.3, -0.25) is 4.90 Å². The number of aromatic hydroxyl groups is 1. The standard InChI is InChI=1S/C18H22N2O/c21-18-8-5-13-3-1-2-4-16(13)17(18)12-20-10-9-14-6-7-15(11-20)19-14/h1-5,8,14-15,19,21H,6-7,9-12H2. The molecule has 2 aromatic carbocycles. The topological polar surface area (TPSA) is 35.5 Å². The van der Waals surface area contributed by atoms with E-state index in [1.165, 1.54) is 30.0 Å². The van der Waals surface area contributed by atoms with Crippen LogP contribution in [0.4, 0.5) is 0 Å². The fourth-order valence-electron chi connectivity index (χ4n) is 3.87. The maximum Gasteiger partial charge on any atom is 0.120 e. The summed E-state index contributed by atoms with van der Waals surface area (Å²) in [5.41, 5.74) is 1.07. The lowest BCUT2D eigenvalue weighted by Crippen LogP contribution is -2.35. The first kappa shape index (κ1) is 13.1. The molecule has 3 heteroatoms. The van der Waals surface area contributed by atoms with E-state index in [2.05, 4.69) is 34.5 Å². The van der Waals surface area contributed by atoms with Crippen molar-refractivity contribution in [2.45, 2.75) is 37.9 Å². The Labute approximate surface area is 125 Å². The normalized spacial score (nSPS) is 26.1. The molecule has 0 amide bonds. The minimum atomic E-state index is 0.427. The van der Waals surface area contributed by atoms with Crippen LogP contribution in [0.5, 0.6) is 5.75 Å². The molecule has 2 unspecified atom stereocenters. The first-order valence-corrected chi connectivity index (χ1v) is 7.97. The minimum Gasteiger partial charge on any atom is -0.508 e. The van der Waals surface area contributed by atoms with Crippen molar-refractivity contribution < 1.29 is 5.11 Å².